The highest BCUT2D eigenvalue weighted by Crippen LogP contribution is 2.39. The Morgan fingerprint density at radius 1 is 1.08 bits per heavy atom. The Balaban J connectivity index is 2.18. The normalized spacial score (nSPS) is 9.42. The third-order valence-electron chi connectivity index (χ3n) is 2.90. The largest absolute Gasteiger partial charge is 0.454 e. The molecule has 0 aromatic heterocycles. The van der Waals surface area contributed by atoms with Crippen LogP contribution < -0.4 is 15.5 Å². The zero-order chi connectivity index (χ0) is 19.1. The lowest BCUT2D eigenvalue weighted by Gasteiger charge is -2.12. The summed E-state index contributed by atoms with van der Waals surface area (Å²) < 4.78 is 5.68. The maximum atomic E-state index is 11.0. The molecule has 2 aromatic rings. The molecule has 2 N–H and O–H groups in total. The molecule has 9 heteroatoms. The number of nitriles is 2. The van der Waals surface area contributed by atoms with Gasteiger partial charge in [0, 0.05) is 12.6 Å². The van der Waals surface area contributed by atoms with Gasteiger partial charge >= 0.3 is 0 Å². The van der Waals surface area contributed by atoms with E-state index < -0.39 is 0 Å². The molecule has 2 aromatic carbocycles. The molecular formula is C17H11Cl2N5O2. The first-order chi connectivity index (χ1) is 12.4. The Bertz CT molecular complexity index is 904. The van der Waals surface area contributed by atoms with Crippen molar-refractivity contribution in [1.29, 1.82) is 10.5 Å². The summed E-state index contributed by atoms with van der Waals surface area (Å²) in [6, 6.07) is 12.9. The van der Waals surface area contributed by atoms with Gasteiger partial charge in [0.05, 0.1) is 15.7 Å². The number of carbonyl (C=O) groups excluding carboxylic acids is 1. The number of nitrogens with one attached hydrogen (secondary N) is 2. The summed E-state index contributed by atoms with van der Waals surface area (Å²) in [5.41, 5.74) is 3.20. The van der Waals surface area contributed by atoms with Crippen LogP contribution in [-0.2, 0) is 4.79 Å². The zero-order valence-electron chi connectivity index (χ0n) is 13.4. The van der Waals surface area contributed by atoms with Gasteiger partial charge in [-0.2, -0.15) is 15.6 Å². The first-order valence-electron chi connectivity index (χ1n) is 7.11. The number of benzene rings is 2. The van der Waals surface area contributed by atoms with Crippen LogP contribution >= 0.6 is 23.2 Å². The molecular weight excluding hydrogens is 377 g/mol. The first kappa shape index (κ1) is 19.1. The minimum atomic E-state index is -0.336. The quantitative estimate of drug-likeness (QED) is 0.576. The Morgan fingerprint density at radius 2 is 1.65 bits per heavy atom. The lowest BCUT2D eigenvalue weighted by molar-refractivity contribution is -0.114. The maximum Gasteiger partial charge on any atom is 0.237 e. The molecule has 26 heavy (non-hydrogen) atoms. The van der Waals surface area contributed by atoms with Crippen LogP contribution in [0.5, 0.6) is 11.5 Å². The SMILES string of the molecule is CC(=O)Nc1ccc(Oc2c(Cl)cc(NN=C(C#N)C#N)cc2Cl)cc1. The number of ether oxygens (including phenoxy) is 1. The van der Waals surface area contributed by atoms with Crippen LogP contribution in [-0.4, -0.2) is 11.6 Å². The fourth-order valence-corrected chi connectivity index (χ4v) is 2.41. The van der Waals surface area contributed by atoms with E-state index in [1.807, 2.05) is 0 Å². The number of amides is 1. The van der Waals surface area contributed by atoms with Crippen molar-refractivity contribution < 1.29 is 9.53 Å². The van der Waals surface area contributed by atoms with Crippen molar-refractivity contribution >= 4 is 46.2 Å². The van der Waals surface area contributed by atoms with Crippen LogP contribution in [0.1, 0.15) is 6.92 Å². The van der Waals surface area contributed by atoms with Gasteiger partial charge in [-0.05, 0) is 36.4 Å². The minimum absolute atomic E-state index is 0.175. The van der Waals surface area contributed by atoms with Crippen LogP contribution in [0, 0.1) is 22.7 Å². The molecule has 2 rings (SSSR count). The molecule has 1 amide bonds. The number of hydrazone groups is 1. The van der Waals surface area contributed by atoms with E-state index in [1.54, 1.807) is 36.4 Å². The second kappa shape index (κ2) is 8.72. The lowest BCUT2D eigenvalue weighted by atomic mass is 10.3. The van der Waals surface area contributed by atoms with Gasteiger partial charge in [0.15, 0.2) is 5.75 Å². The summed E-state index contributed by atoms with van der Waals surface area (Å²) in [5.74, 6) is 0.528. The smallest absolute Gasteiger partial charge is 0.237 e. The number of rotatable bonds is 5. The summed E-state index contributed by atoms with van der Waals surface area (Å²) >= 11 is 12.4. The molecule has 0 heterocycles. The standard InChI is InChI=1S/C17H11Cl2N5O2/c1-10(25)22-11-2-4-14(5-3-11)26-17-15(18)6-12(7-16(17)19)23-24-13(8-20)9-21/h2-7,23H,1H3,(H,22,25). The fourth-order valence-electron chi connectivity index (χ4n) is 1.84. The molecule has 0 unspecified atom stereocenters. The molecule has 7 nitrogen and oxygen atoms in total. The molecule has 0 aliphatic heterocycles. The van der Waals surface area contributed by atoms with E-state index in [-0.39, 0.29) is 27.4 Å². The Hall–Kier alpha value is -3.26. The first-order valence-corrected chi connectivity index (χ1v) is 7.87. The van der Waals surface area contributed by atoms with E-state index in [4.69, 9.17) is 38.5 Å². The van der Waals surface area contributed by atoms with Crippen LogP contribution in [0.3, 0.4) is 0 Å². The van der Waals surface area contributed by atoms with E-state index in [2.05, 4.69) is 15.8 Å². The van der Waals surface area contributed by atoms with Crippen LogP contribution in [0.25, 0.3) is 0 Å². The second-order valence-corrected chi connectivity index (χ2v) is 5.69. The number of hydrogen-bond donors (Lipinski definition) is 2. The Labute approximate surface area is 159 Å². The van der Waals surface area contributed by atoms with Gasteiger partial charge in [-0.15, -0.1) is 0 Å². The van der Waals surface area contributed by atoms with E-state index in [1.165, 1.54) is 19.1 Å². The highest BCUT2D eigenvalue weighted by atomic mass is 35.5. The van der Waals surface area contributed by atoms with Crippen molar-refractivity contribution in [2.75, 3.05) is 10.7 Å². The van der Waals surface area contributed by atoms with Gasteiger partial charge in [0.1, 0.15) is 17.9 Å². The summed E-state index contributed by atoms with van der Waals surface area (Å²) in [6.07, 6.45) is 0. The van der Waals surface area contributed by atoms with Gasteiger partial charge in [-0.1, -0.05) is 23.2 Å². The van der Waals surface area contributed by atoms with Gasteiger partial charge in [0.25, 0.3) is 0 Å². The van der Waals surface area contributed by atoms with E-state index >= 15 is 0 Å². The average Bonchev–Trinajstić information content (AvgIpc) is 2.60. The predicted molar refractivity (Wildman–Crippen MR) is 99.6 cm³/mol. The van der Waals surface area contributed by atoms with Gasteiger partial charge in [0.2, 0.25) is 11.6 Å². The summed E-state index contributed by atoms with van der Waals surface area (Å²) in [6.45, 7) is 1.42. The van der Waals surface area contributed by atoms with Crippen molar-refractivity contribution in [2.45, 2.75) is 6.92 Å². The molecule has 0 spiro atoms. The molecule has 0 aliphatic rings. The van der Waals surface area contributed by atoms with Gasteiger partial charge in [-0.25, -0.2) is 0 Å². The predicted octanol–water partition coefficient (Wildman–Crippen LogP) is 4.56. The van der Waals surface area contributed by atoms with Crippen molar-refractivity contribution in [3.05, 3.63) is 46.4 Å². The van der Waals surface area contributed by atoms with Crippen LogP contribution in [0.15, 0.2) is 41.5 Å². The third-order valence-corrected chi connectivity index (χ3v) is 3.46. The highest BCUT2D eigenvalue weighted by Gasteiger charge is 2.11. The molecule has 0 atom stereocenters. The fraction of sp³-hybridized carbons (Fsp3) is 0.0588. The number of carbonyl (C=O) groups is 1. The Morgan fingerprint density at radius 3 is 2.15 bits per heavy atom. The van der Waals surface area contributed by atoms with Crippen LogP contribution in [0.2, 0.25) is 10.0 Å². The molecule has 0 radical (unpaired) electrons. The van der Waals surface area contributed by atoms with Gasteiger partial charge < -0.3 is 10.1 Å². The molecule has 0 saturated heterocycles. The minimum Gasteiger partial charge on any atom is -0.454 e. The number of nitrogens with zero attached hydrogens (tertiary/aromatic N) is 3. The summed E-state index contributed by atoms with van der Waals surface area (Å²) in [7, 11) is 0. The molecule has 130 valence electrons. The molecule has 0 aliphatic carbocycles. The molecule has 0 fully saturated rings. The van der Waals surface area contributed by atoms with Crippen molar-refractivity contribution in [3.8, 4) is 23.6 Å². The van der Waals surface area contributed by atoms with E-state index in [9.17, 15) is 4.79 Å². The second-order valence-electron chi connectivity index (χ2n) is 4.87. The summed E-state index contributed by atoms with van der Waals surface area (Å²) in [4.78, 5) is 11.0. The number of halogens is 2. The van der Waals surface area contributed by atoms with Gasteiger partial charge in [-0.3, -0.25) is 10.2 Å². The topological polar surface area (TPSA) is 110 Å². The summed E-state index contributed by atoms with van der Waals surface area (Å²) in [5, 5.41) is 24.0. The zero-order valence-corrected chi connectivity index (χ0v) is 14.9. The molecule has 0 bridgehead atoms. The molecule has 0 saturated carbocycles. The van der Waals surface area contributed by atoms with Crippen molar-refractivity contribution in [1.82, 2.24) is 0 Å². The van der Waals surface area contributed by atoms with Crippen molar-refractivity contribution in [2.24, 2.45) is 5.10 Å². The van der Waals surface area contributed by atoms with Crippen molar-refractivity contribution in [3.63, 3.8) is 0 Å². The Kier molecular flexibility index (Phi) is 6.40. The van der Waals surface area contributed by atoms with E-state index in [0.717, 1.165) is 0 Å². The van der Waals surface area contributed by atoms with Crippen LogP contribution in [0.4, 0.5) is 11.4 Å². The lowest BCUT2D eigenvalue weighted by Crippen LogP contribution is -2.05. The average molecular weight is 388 g/mol. The maximum absolute atomic E-state index is 11.0. The number of anilines is 2. The monoisotopic (exact) mass is 387 g/mol. The van der Waals surface area contributed by atoms with E-state index in [0.29, 0.717) is 17.1 Å². The number of hydrogen-bond acceptors (Lipinski definition) is 6. The third kappa shape index (κ3) is 5.12. The highest BCUT2D eigenvalue weighted by molar-refractivity contribution is 6.37.